The molecule has 10 heteroatoms. The summed E-state index contributed by atoms with van der Waals surface area (Å²) in [5, 5.41) is 10.3. The second-order valence-electron chi connectivity index (χ2n) is 4.02. The van der Waals surface area contributed by atoms with E-state index in [9.17, 15) is 28.1 Å². The summed E-state index contributed by atoms with van der Waals surface area (Å²) in [5.41, 5.74) is 2.99. The number of halogens is 3. The third-order valence-corrected chi connectivity index (χ3v) is 3.57. The van der Waals surface area contributed by atoms with Crippen molar-refractivity contribution >= 4 is 27.9 Å². The molecule has 0 aliphatic rings. The van der Waals surface area contributed by atoms with Crippen molar-refractivity contribution in [2.45, 2.75) is 6.18 Å². The first-order valence-corrected chi connectivity index (χ1v) is 6.57. The summed E-state index contributed by atoms with van der Waals surface area (Å²) in [7, 11) is 0. The van der Waals surface area contributed by atoms with E-state index in [2.05, 4.69) is 10.9 Å². The number of amides is 1. The van der Waals surface area contributed by atoms with Crippen LogP contribution in [0.15, 0.2) is 36.4 Å². The van der Waals surface area contributed by atoms with E-state index in [4.69, 9.17) is 0 Å². The minimum absolute atomic E-state index is 0.00342. The zero-order chi connectivity index (χ0) is 16.3. The van der Waals surface area contributed by atoms with E-state index in [0.717, 1.165) is 18.2 Å². The van der Waals surface area contributed by atoms with Gasteiger partial charge >= 0.3 is 11.2 Å². The molecule has 1 aromatic heterocycles. The molecule has 1 aromatic carbocycles. The molecule has 22 heavy (non-hydrogen) atoms. The Balaban J connectivity index is 2.10. The lowest BCUT2D eigenvalue weighted by molar-refractivity contribution is -0.380. The van der Waals surface area contributed by atoms with Gasteiger partial charge in [0.05, 0.1) is 16.2 Å². The molecule has 0 saturated heterocycles. The van der Waals surface area contributed by atoms with Crippen molar-refractivity contribution in [3.05, 3.63) is 57.0 Å². The number of nitrogens with one attached hydrogen (secondary N) is 2. The fourth-order valence-electron chi connectivity index (χ4n) is 1.57. The number of carbonyl (C=O) groups is 1. The highest BCUT2D eigenvalue weighted by molar-refractivity contribution is 7.17. The SMILES string of the molecule is O=C(NNc1ccccc1C(F)(F)F)c1ccc([N+](=O)[O-])s1. The molecule has 0 spiro atoms. The minimum Gasteiger partial charge on any atom is -0.298 e. The average molecular weight is 331 g/mol. The van der Waals surface area contributed by atoms with Crippen LogP contribution in [0.3, 0.4) is 0 Å². The Labute approximate surface area is 125 Å². The van der Waals surface area contributed by atoms with Gasteiger partial charge < -0.3 is 0 Å². The van der Waals surface area contributed by atoms with Gasteiger partial charge in [0, 0.05) is 6.07 Å². The quantitative estimate of drug-likeness (QED) is 0.664. The largest absolute Gasteiger partial charge is 0.418 e. The van der Waals surface area contributed by atoms with Crippen molar-refractivity contribution in [3.8, 4) is 0 Å². The maximum atomic E-state index is 12.8. The summed E-state index contributed by atoms with van der Waals surface area (Å²) in [6, 6.07) is 6.97. The first-order chi connectivity index (χ1) is 10.3. The third-order valence-electron chi connectivity index (χ3n) is 2.54. The highest BCUT2D eigenvalue weighted by Gasteiger charge is 2.33. The van der Waals surface area contributed by atoms with E-state index in [1.54, 1.807) is 0 Å². The van der Waals surface area contributed by atoms with Crippen molar-refractivity contribution in [2.24, 2.45) is 0 Å². The van der Waals surface area contributed by atoms with E-state index in [0.29, 0.717) is 11.3 Å². The minimum atomic E-state index is -4.57. The zero-order valence-electron chi connectivity index (χ0n) is 10.7. The van der Waals surface area contributed by atoms with Crippen LogP contribution in [-0.2, 0) is 6.18 Å². The molecule has 2 N–H and O–H groups in total. The van der Waals surface area contributed by atoms with Gasteiger partial charge in [0.2, 0.25) is 0 Å². The van der Waals surface area contributed by atoms with Gasteiger partial charge in [-0.05, 0) is 18.2 Å². The van der Waals surface area contributed by atoms with Crippen LogP contribution >= 0.6 is 11.3 Å². The number of hydrogen-bond donors (Lipinski definition) is 2. The van der Waals surface area contributed by atoms with Crippen LogP contribution in [0, 0.1) is 10.1 Å². The molecule has 6 nitrogen and oxygen atoms in total. The van der Waals surface area contributed by atoms with E-state index in [1.165, 1.54) is 18.2 Å². The van der Waals surface area contributed by atoms with E-state index in [1.807, 2.05) is 0 Å². The van der Waals surface area contributed by atoms with Crippen LogP contribution in [0.1, 0.15) is 15.2 Å². The van der Waals surface area contributed by atoms with Gasteiger partial charge in [0.1, 0.15) is 4.88 Å². The fraction of sp³-hybridized carbons (Fsp3) is 0.0833. The molecule has 0 bridgehead atoms. The van der Waals surface area contributed by atoms with Crippen LogP contribution in [0.25, 0.3) is 0 Å². The van der Waals surface area contributed by atoms with E-state index < -0.39 is 22.6 Å². The molecule has 116 valence electrons. The Bertz CT molecular complexity index is 715. The van der Waals surface area contributed by atoms with Crippen LogP contribution in [0.5, 0.6) is 0 Å². The smallest absolute Gasteiger partial charge is 0.298 e. The number of benzene rings is 1. The van der Waals surface area contributed by atoms with Gasteiger partial charge in [-0.25, -0.2) is 0 Å². The van der Waals surface area contributed by atoms with Crippen LogP contribution in [0.4, 0.5) is 23.9 Å². The molecule has 0 unspecified atom stereocenters. The molecule has 0 atom stereocenters. The molecule has 1 amide bonds. The second kappa shape index (κ2) is 6.02. The Kier molecular flexibility index (Phi) is 4.31. The maximum absolute atomic E-state index is 12.8. The first kappa shape index (κ1) is 15.8. The molecule has 1 heterocycles. The fourth-order valence-corrected chi connectivity index (χ4v) is 2.29. The van der Waals surface area contributed by atoms with Crippen molar-refractivity contribution < 1.29 is 22.9 Å². The van der Waals surface area contributed by atoms with Crippen molar-refractivity contribution in [1.29, 1.82) is 0 Å². The number of hydrogen-bond acceptors (Lipinski definition) is 5. The first-order valence-electron chi connectivity index (χ1n) is 5.76. The molecular weight excluding hydrogens is 323 g/mol. The summed E-state index contributed by atoms with van der Waals surface area (Å²) in [4.78, 5) is 21.6. The lowest BCUT2D eigenvalue weighted by atomic mass is 10.2. The van der Waals surface area contributed by atoms with E-state index >= 15 is 0 Å². The predicted octanol–water partition coefficient (Wildman–Crippen LogP) is 3.43. The standard InChI is InChI=1S/C12H8F3N3O3S/c13-12(14,15)7-3-1-2-4-8(7)16-17-11(19)9-5-6-10(22-9)18(20)21/h1-6,16H,(H,17,19). The number of anilines is 1. The van der Waals surface area contributed by atoms with Crippen molar-refractivity contribution in [2.75, 3.05) is 5.43 Å². The lowest BCUT2D eigenvalue weighted by Crippen LogP contribution is -2.29. The normalized spacial score (nSPS) is 11.0. The Morgan fingerprint density at radius 1 is 1.18 bits per heavy atom. The maximum Gasteiger partial charge on any atom is 0.418 e. The van der Waals surface area contributed by atoms with Gasteiger partial charge in [-0.2, -0.15) is 13.2 Å². The van der Waals surface area contributed by atoms with E-state index in [-0.39, 0.29) is 15.6 Å². The summed E-state index contributed by atoms with van der Waals surface area (Å²) < 4.78 is 38.3. The highest BCUT2D eigenvalue weighted by atomic mass is 32.1. The summed E-state index contributed by atoms with van der Waals surface area (Å²) in [6.45, 7) is 0. The third kappa shape index (κ3) is 3.52. The van der Waals surface area contributed by atoms with Gasteiger partial charge in [0.25, 0.3) is 5.91 Å². The Hall–Kier alpha value is -2.62. The topological polar surface area (TPSA) is 84.3 Å². The molecule has 0 aliphatic carbocycles. The summed E-state index contributed by atoms with van der Waals surface area (Å²) in [6.07, 6.45) is -4.57. The molecule has 0 saturated carbocycles. The summed E-state index contributed by atoms with van der Waals surface area (Å²) >= 11 is 0.621. The number of carbonyl (C=O) groups excluding carboxylic acids is 1. The number of hydrazine groups is 1. The molecular formula is C12H8F3N3O3S. The number of thiophene rings is 1. The highest BCUT2D eigenvalue weighted by Crippen LogP contribution is 2.34. The second-order valence-corrected chi connectivity index (χ2v) is 5.08. The average Bonchev–Trinajstić information content (AvgIpc) is 2.94. The van der Waals surface area contributed by atoms with Crippen LogP contribution in [-0.4, -0.2) is 10.8 Å². The van der Waals surface area contributed by atoms with Gasteiger partial charge in [-0.1, -0.05) is 23.5 Å². The van der Waals surface area contributed by atoms with Gasteiger partial charge in [0.15, 0.2) is 0 Å². The number of nitrogens with zero attached hydrogens (tertiary/aromatic N) is 1. The van der Waals surface area contributed by atoms with Gasteiger partial charge in [-0.15, -0.1) is 0 Å². The molecule has 2 aromatic rings. The molecule has 0 fully saturated rings. The lowest BCUT2D eigenvalue weighted by Gasteiger charge is -2.14. The Morgan fingerprint density at radius 2 is 1.86 bits per heavy atom. The van der Waals surface area contributed by atoms with Crippen LogP contribution < -0.4 is 10.9 Å². The number of alkyl halides is 3. The van der Waals surface area contributed by atoms with Crippen molar-refractivity contribution in [1.82, 2.24) is 5.43 Å². The monoisotopic (exact) mass is 331 g/mol. The molecule has 0 aliphatic heterocycles. The Morgan fingerprint density at radius 3 is 2.45 bits per heavy atom. The number of rotatable bonds is 4. The molecule has 0 radical (unpaired) electrons. The summed E-state index contributed by atoms with van der Waals surface area (Å²) in [5.74, 6) is -0.768. The van der Waals surface area contributed by atoms with Crippen LogP contribution in [0.2, 0.25) is 0 Å². The molecule has 2 rings (SSSR count). The van der Waals surface area contributed by atoms with Gasteiger partial charge in [-0.3, -0.25) is 25.8 Å². The number of para-hydroxylation sites is 1. The predicted molar refractivity (Wildman–Crippen MR) is 73.5 cm³/mol. The zero-order valence-corrected chi connectivity index (χ0v) is 11.5. The number of nitro groups is 1. The van der Waals surface area contributed by atoms with Crippen molar-refractivity contribution in [3.63, 3.8) is 0 Å².